The Hall–Kier alpha value is -1.09. The Morgan fingerprint density at radius 3 is 2.62 bits per heavy atom. The van der Waals surface area contributed by atoms with Crippen LogP contribution in [-0.2, 0) is 0 Å². The summed E-state index contributed by atoms with van der Waals surface area (Å²) in [7, 11) is 0. The smallest absolute Gasteiger partial charge is 0.125 e. The highest BCUT2D eigenvalue weighted by molar-refractivity contribution is 5.35. The van der Waals surface area contributed by atoms with Crippen LogP contribution < -0.4 is 11.1 Å². The molecule has 0 fully saturated rings. The lowest BCUT2D eigenvalue weighted by Crippen LogP contribution is -2.39. The number of pyridine rings is 1. The largest absolute Gasteiger partial charge is 0.368 e. The monoisotopic (exact) mass is 179 g/mol. The second-order valence-electron chi connectivity index (χ2n) is 4.06. The van der Waals surface area contributed by atoms with Crippen LogP contribution in [0.15, 0.2) is 18.3 Å². The molecule has 0 amide bonds. The van der Waals surface area contributed by atoms with E-state index in [9.17, 15) is 0 Å². The van der Waals surface area contributed by atoms with E-state index in [-0.39, 0.29) is 5.54 Å². The molecule has 0 aliphatic rings. The standard InChI is InChI=1S/C10H17N3/c1-8-4-5-9(12-6-8)13-7-10(2,3)11/h4-6H,7,11H2,1-3H3,(H,12,13). The van der Waals surface area contributed by atoms with Crippen LogP contribution in [0.5, 0.6) is 0 Å². The van der Waals surface area contributed by atoms with E-state index in [0.29, 0.717) is 0 Å². The van der Waals surface area contributed by atoms with Gasteiger partial charge in [-0.15, -0.1) is 0 Å². The summed E-state index contributed by atoms with van der Waals surface area (Å²) in [5.74, 6) is 0.879. The van der Waals surface area contributed by atoms with Gasteiger partial charge in [0.05, 0.1) is 0 Å². The van der Waals surface area contributed by atoms with Gasteiger partial charge in [0, 0.05) is 18.3 Å². The van der Waals surface area contributed by atoms with Crippen molar-refractivity contribution in [2.75, 3.05) is 11.9 Å². The summed E-state index contributed by atoms with van der Waals surface area (Å²) >= 11 is 0. The number of nitrogens with one attached hydrogen (secondary N) is 1. The lowest BCUT2D eigenvalue weighted by Gasteiger charge is -2.19. The lowest BCUT2D eigenvalue weighted by atomic mass is 10.1. The van der Waals surface area contributed by atoms with Crippen LogP contribution in [0.4, 0.5) is 5.82 Å². The first-order chi connectivity index (χ1) is 5.97. The minimum atomic E-state index is -0.202. The predicted octanol–water partition coefficient (Wildman–Crippen LogP) is 1.54. The van der Waals surface area contributed by atoms with Gasteiger partial charge in [-0.3, -0.25) is 0 Å². The van der Waals surface area contributed by atoms with Gasteiger partial charge in [0.1, 0.15) is 5.82 Å². The average molecular weight is 179 g/mol. The quantitative estimate of drug-likeness (QED) is 0.740. The van der Waals surface area contributed by atoms with E-state index < -0.39 is 0 Å². The number of aryl methyl sites for hydroxylation is 1. The molecule has 0 radical (unpaired) electrons. The molecule has 13 heavy (non-hydrogen) atoms. The fraction of sp³-hybridized carbons (Fsp3) is 0.500. The Morgan fingerprint density at radius 2 is 2.15 bits per heavy atom. The van der Waals surface area contributed by atoms with Crippen molar-refractivity contribution in [1.82, 2.24) is 4.98 Å². The fourth-order valence-electron chi connectivity index (χ4n) is 0.891. The van der Waals surface area contributed by atoms with E-state index in [1.165, 1.54) is 0 Å². The van der Waals surface area contributed by atoms with Gasteiger partial charge in [0.15, 0.2) is 0 Å². The molecule has 0 aliphatic heterocycles. The molecule has 1 aromatic heterocycles. The third-order valence-corrected chi connectivity index (χ3v) is 1.64. The van der Waals surface area contributed by atoms with Crippen molar-refractivity contribution >= 4 is 5.82 Å². The summed E-state index contributed by atoms with van der Waals surface area (Å²) < 4.78 is 0. The first kappa shape index (κ1) is 9.99. The summed E-state index contributed by atoms with van der Waals surface area (Å²) in [6, 6.07) is 3.99. The SMILES string of the molecule is Cc1ccc(NCC(C)(C)N)nc1. The molecule has 0 unspecified atom stereocenters. The fourth-order valence-corrected chi connectivity index (χ4v) is 0.891. The highest BCUT2D eigenvalue weighted by Crippen LogP contribution is 2.05. The second-order valence-corrected chi connectivity index (χ2v) is 4.06. The Labute approximate surface area is 79.4 Å². The second kappa shape index (κ2) is 3.75. The molecule has 0 bridgehead atoms. The molecule has 3 N–H and O–H groups in total. The molecule has 1 heterocycles. The highest BCUT2D eigenvalue weighted by Gasteiger charge is 2.09. The molecule has 1 rings (SSSR count). The van der Waals surface area contributed by atoms with Crippen molar-refractivity contribution in [1.29, 1.82) is 0 Å². The number of hydrogen-bond donors (Lipinski definition) is 2. The number of aromatic nitrogens is 1. The van der Waals surface area contributed by atoms with Gasteiger partial charge in [-0.2, -0.15) is 0 Å². The zero-order valence-electron chi connectivity index (χ0n) is 8.46. The Bertz CT molecular complexity index is 258. The van der Waals surface area contributed by atoms with E-state index in [0.717, 1.165) is 17.9 Å². The van der Waals surface area contributed by atoms with E-state index in [4.69, 9.17) is 5.73 Å². The average Bonchev–Trinajstić information content (AvgIpc) is 2.02. The molecule has 3 nitrogen and oxygen atoms in total. The Kier molecular flexibility index (Phi) is 2.88. The summed E-state index contributed by atoms with van der Waals surface area (Å²) in [4.78, 5) is 4.21. The third kappa shape index (κ3) is 3.90. The Morgan fingerprint density at radius 1 is 1.46 bits per heavy atom. The van der Waals surface area contributed by atoms with Gasteiger partial charge in [-0.05, 0) is 32.4 Å². The first-order valence-electron chi connectivity index (χ1n) is 4.43. The van der Waals surface area contributed by atoms with Crippen LogP contribution in [0, 0.1) is 6.92 Å². The van der Waals surface area contributed by atoms with Gasteiger partial charge in [-0.1, -0.05) is 6.07 Å². The minimum absolute atomic E-state index is 0.202. The molecule has 0 saturated carbocycles. The zero-order valence-corrected chi connectivity index (χ0v) is 8.46. The van der Waals surface area contributed by atoms with Crippen LogP contribution in [-0.4, -0.2) is 17.1 Å². The van der Waals surface area contributed by atoms with Crippen molar-refractivity contribution < 1.29 is 0 Å². The first-order valence-corrected chi connectivity index (χ1v) is 4.43. The number of anilines is 1. The summed E-state index contributed by atoms with van der Waals surface area (Å²) in [6.45, 7) is 6.70. The highest BCUT2D eigenvalue weighted by atomic mass is 15.0. The maximum atomic E-state index is 5.82. The molecule has 1 aromatic rings. The predicted molar refractivity (Wildman–Crippen MR) is 55.7 cm³/mol. The van der Waals surface area contributed by atoms with Crippen molar-refractivity contribution in [3.63, 3.8) is 0 Å². The van der Waals surface area contributed by atoms with E-state index in [1.54, 1.807) is 0 Å². The lowest BCUT2D eigenvalue weighted by molar-refractivity contribution is 0.548. The molecule has 72 valence electrons. The van der Waals surface area contributed by atoms with Crippen LogP contribution in [0.25, 0.3) is 0 Å². The molecular formula is C10H17N3. The maximum absolute atomic E-state index is 5.82. The molecule has 3 heteroatoms. The summed E-state index contributed by atoms with van der Waals surface area (Å²) in [5.41, 5.74) is 6.79. The molecule has 0 aliphatic carbocycles. The number of nitrogens with zero attached hydrogens (tertiary/aromatic N) is 1. The maximum Gasteiger partial charge on any atom is 0.125 e. The van der Waals surface area contributed by atoms with E-state index in [2.05, 4.69) is 10.3 Å². The van der Waals surface area contributed by atoms with Gasteiger partial charge in [-0.25, -0.2) is 4.98 Å². The molecule has 0 saturated heterocycles. The van der Waals surface area contributed by atoms with Crippen LogP contribution in [0.2, 0.25) is 0 Å². The molecule has 0 aromatic carbocycles. The minimum Gasteiger partial charge on any atom is -0.368 e. The third-order valence-electron chi connectivity index (χ3n) is 1.64. The summed E-state index contributed by atoms with van der Waals surface area (Å²) in [5, 5.41) is 3.18. The van der Waals surface area contributed by atoms with Crippen molar-refractivity contribution in [2.45, 2.75) is 26.3 Å². The number of hydrogen-bond acceptors (Lipinski definition) is 3. The molecule has 0 atom stereocenters. The van der Waals surface area contributed by atoms with Crippen LogP contribution in [0.3, 0.4) is 0 Å². The topological polar surface area (TPSA) is 50.9 Å². The van der Waals surface area contributed by atoms with E-state index >= 15 is 0 Å². The van der Waals surface area contributed by atoms with Crippen LogP contribution in [0.1, 0.15) is 19.4 Å². The zero-order chi connectivity index (χ0) is 9.90. The molecule has 0 spiro atoms. The number of nitrogens with two attached hydrogens (primary N) is 1. The Balaban J connectivity index is 2.51. The van der Waals surface area contributed by atoms with Crippen LogP contribution >= 0.6 is 0 Å². The van der Waals surface area contributed by atoms with Crippen molar-refractivity contribution in [2.24, 2.45) is 5.73 Å². The van der Waals surface area contributed by atoms with E-state index in [1.807, 2.05) is 39.1 Å². The normalized spacial score (nSPS) is 11.4. The van der Waals surface area contributed by atoms with Crippen molar-refractivity contribution in [3.8, 4) is 0 Å². The van der Waals surface area contributed by atoms with Crippen molar-refractivity contribution in [3.05, 3.63) is 23.9 Å². The summed E-state index contributed by atoms with van der Waals surface area (Å²) in [6.07, 6.45) is 1.84. The molecular weight excluding hydrogens is 162 g/mol. The van der Waals surface area contributed by atoms with Gasteiger partial charge in [0.2, 0.25) is 0 Å². The van der Waals surface area contributed by atoms with Gasteiger partial charge in [0.25, 0.3) is 0 Å². The number of rotatable bonds is 3. The van der Waals surface area contributed by atoms with Gasteiger partial charge < -0.3 is 11.1 Å². The van der Waals surface area contributed by atoms with Gasteiger partial charge >= 0.3 is 0 Å².